The molecule has 1 saturated heterocycles. The summed E-state index contributed by atoms with van der Waals surface area (Å²) in [5.74, 6) is 0.459. The van der Waals surface area contributed by atoms with Gasteiger partial charge in [0.15, 0.2) is 0 Å². The van der Waals surface area contributed by atoms with Gasteiger partial charge in [0.2, 0.25) is 27.6 Å². The Morgan fingerprint density at radius 1 is 1.18 bits per heavy atom. The second-order valence-corrected chi connectivity index (χ2v) is 10.3. The Kier molecular flexibility index (Phi) is 7.11. The van der Waals surface area contributed by atoms with Crippen LogP contribution in [0.15, 0.2) is 57.9 Å². The second kappa shape index (κ2) is 10.0. The summed E-state index contributed by atoms with van der Waals surface area (Å²) in [6, 6.07) is 13.4. The number of rotatable bonds is 7. The van der Waals surface area contributed by atoms with Crippen molar-refractivity contribution in [3.63, 3.8) is 0 Å². The summed E-state index contributed by atoms with van der Waals surface area (Å²) in [6.07, 6.45) is 3.19. The number of nitrogens with one attached hydrogen (secondary N) is 1. The van der Waals surface area contributed by atoms with E-state index in [0.29, 0.717) is 34.5 Å². The zero-order valence-corrected chi connectivity index (χ0v) is 19.8. The first-order valence-corrected chi connectivity index (χ1v) is 12.7. The van der Waals surface area contributed by atoms with Gasteiger partial charge in [-0.05, 0) is 56.2 Å². The van der Waals surface area contributed by atoms with Gasteiger partial charge in [-0.15, -0.1) is 0 Å². The molecule has 0 bridgehead atoms. The molecule has 1 unspecified atom stereocenters. The molecule has 1 aliphatic rings. The quantitative estimate of drug-likeness (QED) is 0.524. The lowest BCUT2D eigenvalue weighted by Gasteiger charge is -2.32. The van der Waals surface area contributed by atoms with Crippen molar-refractivity contribution in [3.8, 4) is 11.4 Å². The average Bonchev–Trinajstić information content (AvgIpc) is 3.27. The fourth-order valence-corrected chi connectivity index (χ4v) is 5.75. The van der Waals surface area contributed by atoms with Crippen molar-refractivity contribution in [2.75, 3.05) is 11.9 Å². The van der Waals surface area contributed by atoms with Crippen LogP contribution in [0.3, 0.4) is 0 Å². The van der Waals surface area contributed by atoms with E-state index < -0.39 is 10.0 Å². The fraction of sp³-hybridized carbons (Fsp3) is 0.348. The van der Waals surface area contributed by atoms with Crippen molar-refractivity contribution in [1.82, 2.24) is 14.4 Å². The van der Waals surface area contributed by atoms with E-state index in [4.69, 9.17) is 16.1 Å². The highest BCUT2D eigenvalue weighted by Gasteiger charge is 2.30. The van der Waals surface area contributed by atoms with Gasteiger partial charge in [0.25, 0.3) is 0 Å². The third-order valence-corrected chi connectivity index (χ3v) is 7.99. The molecule has 2 heterocycles. The minimum absolute atomic E-state index is 0.00809. The molecule has 0 spiro atoms. The molecule has 1 amide bonds. The molecule has 174 valence electrons. The summed E-state index contributed by atoms with van der Waals surface area (Å²) in [4.78, 5) is 16.9. The van der Waals surface area contributed by atoms with Gasteiger partial charge in [-0.3, -0.25) is 4.79 Å². The number of carbonyl (C=O) groups excluding carboxylic acids is 1. The molecule has 0 radical (unpaired) electrons. The molecular formula is C23H25ClN4O4S. The zero-order valence-electron chi connectivity index (χ0n) is 18.2. The molecule has 0 saturated carbocycles. The first-order chi connectivity index (χ1) is 15.8. The Hall–Kier alpha value is -2.75. The van der Waals surface area contributed by atoms with Crippen LogP contribution in [0, 0.1) is 0 Å². The van der Waals surface area contributed by atoms with Crippen LogP contribution in [-0.4, -0.2) is 41.4 Å². The lowest BCUT2D eigenvalue weighted by atomic mass is 10.1. The number of anilines is 1. The number of aromatic nitrogens is 2. The highest BCUT2D eigenvalue weighted by Crippen LogP contribution is 2.27. The van der Waals surface area contributed by atoms with Crippen LogP contribution >= 0.6 is 11.6 Å². The van der Waals surface area contributed by atoms with Crippen LogP contribution < -0.4 is 5.32 Å². The highest BCUT2D eigenvalue weighted by molar-refractivity contribution is 7.89. The van der Waals surface area contributed by atoms with Gasteiger partial charge < -0.3 is 9.84 Å². The minimum atomic E-state index is -3.54. The maximum absolute atomic E-state index is 12.9. The number of aryl methyl sites for hydroxylation is 1. The third kappa shape index (κ3) is 5.43. The van der Waals surface area contributed by atoms with E-state index in [-0.39, 0.29) is 29.7 Å². The van der Waals surface area contributed by atoms with E-state index in [1.165, 1.54) is 12.1 Å². The lowest BCUT2D eigenvalue weighted by Crippen LogP contribution is -2.41. The van der Waals surface area contributed by atoms with Crippen LogP contribution in [0.2, 0.25) is 5.02 Å². The molecule has 1 aliphatic heterocycles. The topological polar surface area (TPSA) is 105 Å². The summed E-state index contributed by atoms with van der Waals surface area (Å²) in [7, 11) is -3.54. The van der Waals surface area contributed by atoms with E-state index in [0.717, 1.165) is 19.3 Å². The monoisotopic (exact) mass is 488 g/mol. The summed E-state index contributed by atoms with van der Waals surface area (Å²) >= 11 is 6.15. The Labute approximate surface area is 198 Å². The Bertz CT molecular complexity index is 1230. The van der Waals surface area contributed by atoms with Crippen LogP contribution in [0.4, 0.5) is 5.69 Å². The standard InChI is InChI=1S/C23H25ClN4O4S/c1-16-6-4-5-15-28(16)33(30,31)18-11-9-17(10-12-18)25-21(29)13-14-22-26-23(27-32-22)19-7-2-3-8-20(19)24/h2-3,7-12,16H,4-6,13-15H2,1H3,(H,25,29). The maximum Gasteiger partial charge on any atom is 0.243 e. The van der Waals surface area contributed by atoms with Gasteiger partial charge in [0.1, 0.15) is 0 Å². The van der Waals surface area contributed by atoms with E-state index in [1.54, 1.807) is 28.6 Å². The number of benzene rings is 2. The number of piperidine rings is 1. The van der Waals surface area contributed by atoms with E-state index >= 15 is 0 Å². The van der Waals surface area contributed by atoms with Gasteiger partial charge in [0.05, 0.1) is 9.92 Å². The van der Waals surface area contributed by atoms with Crippen molar-refractivity contribution < 1.29 is 17.7 Å². The Morgan fingerprint density at radius 3 is 2.67 bits per heavy atom. The van der Waals surface area contributed by atoms with E-state index in [2.05, 4.69) is 15.5 Å². The fourth-order valence-electron chi connectivity index (χ4n) is 3.83. The molecule has 4 rings (SSSR count). The normalized spacial score (nSPS) is 17.1. The number of amides is 1. The smallest absolute Gasteiger partial charge is 0.243 e. The van der Waals surface area contributed by atoms with Crippen molar-refractivity contribution in [1.29, 1.82) is 0 Å². The Balaban J connectivity index is 1.33. The lowest BCUT2D eigenvalue weighted by molar-refractivity contribution is -0.116. The number of nitrogens with zero attached hydrogens (tertiary/aromatic N) is 3. The molecule has 2 aromatic carbocycles. The molecule has 0 aliphatic carbocycles. The van der Waals surface area contributed by atoms with Crippen LogP contribution in [-0.2, 0) is 21.2 Å². The number of halogens is 1. The number of carbonyl (C=O) groups is 1. The van der Waals surface area contributed by atoms with Gasteiger partial charge in [-0.25, -0.2) is 8.42 Å². The van der Waals surface area contributed by atoms with Gasteiger partial charge >= 0.3 is 0 Å². The zero-order chi connectivity index (χ0) is 23.4. The SMILES string of the molecule is CC1CCCCN1S(=O)(=O)c1ccc(NC(=O)CCc2nc(-c3ccccc3Cl)no2)cc1. The third-order valence-electron chi connectivity index (χ3n) is 5.64. The van der Waals surface area contributed by atoms with E-state index in [1.807, 2.05) is 19.1 Å². The van der Waals surface area contributed by atoms with Crippen LogP contribution in [0.25, 0.3) is 11.4 Å². The molecule has 33 heavy (non-hydrogen) atoms. The van der Waals surface area contributed by atoms with Crippen molar-refractivity contribution in [2.45, 2.75) is 50.0 Å². The van der Waals surface area contributed by atoms with Gasteiger partial charge in [-0.2, -0.15) is 9.29 Å². The molecule has 1 N–H and O–H groups in total. The number of hydrogen-bond acceptors (Lipinski definition) is 6. The Morgan fingerprint density at radius 2 is 1.94 bits per heavy atom. The summed E-state index contributed by atoms with van der Waals surface area (Å²) < 4.78 is 32.6. The van der Waals surface area contributed by atoms with Crippen molar-refractivity contribution in [3.05, 3.63) is 59.4 Å². The van der Waals surface area contributed by atoms with Gasteiger partial charge in [-0.1, -0.05) is 35.3 Å². The largest absolute Gasteiger partial charge is 0.339 e. The number of hydrogen-bond donors (Lipinski definition) is 1. The predicted molar refractivity (Wildman–Crippen MR) is 125 cm³/mol. The molecule has 3 aromatic rings. The summed E-state index contributed by atoms with van der Waals surface area (Å²) in [5.41, 5.74) is 1.18. The van der Waals surface area contributed by atoms with E-state index in [9.17, 15) is 13.2 Å². The molecular weight excluding hydrogens is 464 g/mol. The predicted octanol–water partition coefficient (Wildman–Crippen LogP) is 4.52. The highest BCUT2D eigenvalue weighted by atomic mass is 35.5. The minimum Gasteiger partial charge on any atom is -0.339 e. The van der Waals surface area contributed by atoms with Crippen LogP contribution in [0.5, 0.6) is 0 Å². The van der Waals surface area contributed by atoms with Crippen molar-refractivity contribution >= 4 is 33.2 Å². The summed E-state index contributed by atoms with van der Waals surface area (Å²) in [5, 5.41) is 7.21. The second-order valence-electron chi connectivity index (χ2n) is 8.02. The molecule has 1 fully saturated rings. The first kappa shape index (κ1) is 23.4. The maximum atomic E-state index is 12.9. The average molecular weight is 489 g/mol. The molecule has 1 aromatic heterocycles. The van der Waals surface area contributed by atoms with Gasteiger partial charge in [0, 0.05) is 36.7 Å². The summed E-state index contributed by atoms with van der Waals surface area (Å²) in [6.45, 7) is 2.47. The molecule has 10 heteroatoms. The van der Waals surface area contributed by atoms with Crippen LogP contribution in [0.1, 0.15) is 38.5 Å². The first-order valence-electron chi connectivity index (χ1n) is 10.8. The number of sulfonamides is 1. The van der Waals surface area contributed by atoms with Crippen molar-refractivity contribution in [2.24, 2.45) is 0 Å². The molecule has 8 nitrogen and oxygen atoms in total. The molecule has 1 atom stereocenters.